The van der Waals surface area contributed by atoms with E-state index in [4.69, 9.17) is 0 Å². The number of carbonyl (C=O) groups is 2. The Balaban J connectivity index is 2.53. The molecule has 6 heteroatoms. The molecule has 0 aliphatic rings. The minimum atomic E-state index is -0.926. The molecule has 0 aromatic carbocycles. The summed E-state index contributed by atoms with van der Waals surface area (Å²) >= 11 is 1.23. The van der Waals surface area contributed by atoms with E-state index in [1.54, 1.807) is 5.38 Å². The largest absolute Gasteiger partial charge is 0.462 e. The van der Waals surface area contributed by atoms with Crippen LogP contribution in [-0.2, 0) is 14.3 Å². The molecule has 1 aromatic heterocycles. The number of hydrogen-bond donors (Lipinski definition) is 1. The zero-order chi connectivity index (χ0) is 8.97. The third kappa shape index (κ3) is 2.03. The van der Waals surface area contributed by atoms with E-state index in [1.807, 2.05) is 0 Å². The molecule has 1 N–H and O–H groups in total. The van der Waals surface area contributed by atoms with Gasteiger partial charge in [-0.05, 0) is 0 Å². The predicted molar refractivity (Wildman–Crippen MR) is 42.8 cm³/mol. The first kappa shape index (κ1) is 8.66. The van der Waals surface area contributed by atoms with Crippen LogP contribution >= 0.6 is 11.3 Å². The first-order chi connectivity index (χ1) is 5.74. The third-order valence-electron chi connectivity index (χ3n) is 1.02. The van der Waals surface area contributed by atoms with Gasteiger partial charge in [0.2, 0.25) is 0 Å². The molecule has 12 heavy (non-hydrogen) atoms. The monoisotopic (exact) mass is 186 g/mol. The molecule has 0 aliphatic carbocycles. The summed E-state index contributed by atoms with van der Waals surface area (Å²) in [5.41, 5.74) is 0. The van der Waals surface area contributed by atoms with Crippen molar-refractivity contribution < 1.29 is 14.3 Å². The zero-order valence-corrected chi connectivity index (χ0v) is 7.05. The SMILES string of the molecule is COC(=O)C(=O)Nc1nccs1. The third-order valence-corrected chi connectivity index (χ3v) is 1.71. The van der Waals surface area contributed by atoms with Crippen LogP contribution in [0.3, 0.4) is 0 Å². The standard InChI is InChI=1S/C6H6N2O3S/c1-11-5(10)4(9)8-6-7-2-3-12-6/h2-3H,1H3,(H,7,8,9). The minimum absolute atomic E-state index is 0.380. The number of rotatable bonds is 1. The molecule has 5 nitrogen and oxygen atoms in total. The lowest BCUT2D eigenvalue weighted by atomic mass is 10.6. The summed E-state index contributed by atoms with van der Waals surface area (Å²) in [6, 6.07) is 0. The molecule has 0 atom stereocenters. The molecule has 0 aliphatic heterocycles. The Labute approximate surface area is 72.4 Å². The van der Waals surface area contributed by atoms with Crippen LogP contribution in [0.5, 0.6) is 0 Å². The molecule has 64 valence electrons. The average Bonchev–Trinajstić information content (AvgIpc) is 2.55. The van der Waals surface area contributed by atoms with Gasteiger partial charge in [0.15, 0.2) is 5.13 Å². The van der Waals surface area contributed by atoms with Crippen molar-refractivity contribution in [2.24, 2.45) is 0 Å². The van der Waals surface area contributed by atoms with Crippen LogP contribution in [0.2, 0.25) is 0 Å². The van der Waals surface area contributed by atoms with E-state index in [0.717, 1.165) is 7.11 Å². The van der Waals surface area contributed by atoms with Gasteiger partial charge in [0, 0.05) is 11.6 Å². The average molecular weight is 186 g/mol. The summed E-state index contributed by atoms with van der Waals surface area (Å²) in [5.74, 6) is -1.74. The lowest BCUT2D eigenvalue weighted by molar-refractivity contribution is -0.150. The molecule has 0 unspecified atom stereocenters. The molecule has 0 saturated carbocycles. The number of amides is 1. The number of nitrogens with one attached hydrogen (secondary N) is 1. The van der Waals surface area contributed by atoms with E-state index in [1.165, 1.54) is 17.5 Å². The second-order valence-corrected chi connectivity index (χ2v) is 2.68. The molecule has 0 spiro atoms. The molecule has 1 amide bonds. The van der Waals surface area contributed by atoms with Crippen molar-refractivity contribution in [2.75, 3.05) is 12.4 Å². The van der Waals surface area contributed by atoms with Crippen molar-refractivity contribution in [3.63, 3.8) is 0 Å². The minimum Gasteiger partial charge on any atom is -0.462 e. The highest BCUT2D eigenvalue weighted by Crippen LogP contribution is 2.09. The molecule has 0 fully saturated rings. The molecule has 1 aromatic rings. The van der Waals surface area contributed by atoms with E-state index < -0.39 is 11.9 Å². The van der Waals surface area contributed by atoms with Crippen LogP contribution in [-0.4, -0.2) is 24.0 Å². The van der Waals surface area contributed by atoms with E-state index in [9.17, 15) is 9.59 Å². The summed E-state index contributed by atoms with van der Waals surface area (Å²) in [7, 11) is 1.14. The van der Waals surface area contributed by atoms with Gasteiger partial charge in [0.05, 0.1) is 7.11 Å². The number of ether oxygens (including phenoxy) is 1. The molecular weight excluding hydrogens is 180 g/mol. The van der Waals surface area contributed by atoms with Crippen molar-refractivity contribution in [2.45, 2.75) is 0 Å². The number of anilines is 1. The van der Waals surface area contributed by atoms with Crippen molar-refractivity contribution in [1.82, 2.24) is 4.98 Å². The van der Waals surface area contributed by atoms with Crippen LogP contribution < -0.4 is 5.32 Å². The number of esters is 1. The van der Waals surface area contributed by atoms with Crippen molar-refractivity contribution in [1.29, 1.82) is 0 Å². The van der Waals surface area contributed by atoms with E-state index in [0.29, 0.717) is 5.13 Å². The predicted octanol–water partition coefficient (Wildman–Crippen LogP) is 0.255. The van der Waals surface area contributed by atoms with Crippen LogP contribution in [0, 0.1) is 0 Å². The van der Waals surface area contributed by atoms with Crippen LogP contribution in [0.4, 0.5) is 5.13 Å². The fraction of sp³-hybridized carbons (Fsp3) is 0.167. The quantitative estimate of drug-likeness (QED) is 0.504. The second kappa shape index (κ2) is 3.82. The Kier molecular flexibility index (Phi) is 2.76. The van der Waals surface area contributed by atoms with Gasteiger partial charge in [-0.1, -0.05) is 0 Å². The van der Waals surface area contributed by atoms with Gasteiger partial charge in [0.25, 0.3) is 0 Å². The number of methoxy groups -OCH3 is 1. The summed E-state index contributed by atoms with van der Waals surface area (Å²) in [4.78, 5) is 25.2. The highest BCUT2D eigenvalue weighted by atomic mass is 32.1. The van der Waals surface area contributed by atoms with Gasteiger partial charge >= 0.3 is 11.9 Å². The molecule has 0 radical (unpaired) electrons. The molecule has 1 rings (SSSR count). The Hall–Kier alpha value is -1.43. The lowest BCUT2D eigenvalue weighted by Gasteiger charge is -1.97. The summed E-state index contributed by atoms with van der Waals surface area (Å²) in [6.45, 7) is 0. The van der Waals surface area contributed by atoms with Gasteiger partial charge in [-0.15, -0.1) is 11.3 Å². The smallest absolute Gasteiger partial charge is 0.396 e. The second-order valence-electron chi connectivity index (χ2n) is 1.78. The molecular formula is C6H6N2O3S. The number of hydrogen-bond acceptors (Lipinski definition) is 5. The normalized spacial score (nSPS) is 9.08. The fourth-order valence-corrected chi connectivity index (χ4v) is 1.05. The number of carbonyl (C=O) groups excluding carboxylic acids is 2. The van der Waals surface area contributed by atoms with Crippen LogP contribution in [0.1, 0.15) is 0 Å². The van der Waals surface area contributed by atoms with E-state index >= 15 is 0 Å². The number of aromatic nitrogens is 1. The van der Waals surface area contributed by atoms with Crippen LogP contribution in [0.15, 0.2) is 11.6 Å². The zero-order valence-electron chi connectivity index (χ0n) is 6.23. The fourth-order valence-electron chi connectivity index (χ4n) is 0.526. The van der Waals surface area contributed by atoms with Gasteiger partial charge in [-0.3, -0.25) is 10.1 Å². The highest BCUT2D eigenvalue weighted by molar-refractivity contribution is 7.13. The Morgan fingerprint density at radius 2 is 2.42 bits per heavy atom. The number of nitrogens with zero attached hydrogens (tertiary/aromatic N) is 1. The van der Waals surface area contributed by atoms with E-state index in [2.05, 4.69) is 15.0 Å². The van der Waals surface area contributed by atoms with Gasteiger partial charge in [-0.2, -0.15) is 0 Å². The Morgan fingerprint density at radius 1 is 1.67 bits per heavy atom. The maximum absolute atomic E-state index is 10.8. The first-order valence-electron chi connectivity index (χ1n) is 3.03. The maximum Gasteiger partial charge on any atom is 0.396 e. The van der Waals surface area contributed by atoms with Crippen molar-refractivity contribution in [3.05, 3.63) is 11.6 Å². The Bertz CT molecular complexity index is 283. The highest BCUT2D eigenvalue weighted by Gasteiger charge is 2.14. The summed E-state index contributed by atoms with van der Waals surface area (Å²) in [5, 5.41) is 4.33. The lowest BCUT2D eigenvalue weighted by Crippen LogP contribution is -2.23. The van der Waals surface area contributed by atoms with Gasteiger partial charge in [-0.25, -0.2) is 9.78 Å². The molecule has 0 saturated heterocycles. The Morgan fingerprint density at radius 3 is 2.92 bits per heavy atom. The molecule has 1 heterocycles. The van der Waals surface area contributed by atoms with Crippen molar-refractivity contribution >= 4 is 28.3 Å². The topological polar surface area (TPSA) is 68.3 Å². The summed E-state index contributed by atoms with van der Waals surface area (Å²) in [6.07, 6.45) is 1.53. The van der Waals surface area contributed by atoms with Crippen molar-refractivity contribution in [3.8, 4) is 0 Å². The van der Waals surface area contributed by atoms with Gasteiger partial charge in [0.1, 0.15) is 0 Å². The van der Waals surface area contributed by atoms with Gasteiger partial charge < -0.3 is 4.74 Å². The summed E-state index contributed by atoms with van der Waals surface area (Å²) < 4.78 is 4.19. The maximum atomic E-state index is 10.8. The number of thiazole rings is 1. The first-order valence-corrected chi connectivity index (χ1v) is 3.91. The van der Waals surface area contributed by atoms with Crippen LogP contribution in [0.25, 0.3) is 0 Å². The molecule has 0 bridgehead atoms. The van der Waals surface area contributed by atoms with E-state index in [-0.39, 0.29) is 0 Å².